The van der Waals surface area contributed by atoms with Gasteiger partial charge in [-0.1, -0.05) is 0 Å². The van der Waals surface area contributed by atoms with Crippen molar-refractivity contribution >= 4 is 31.3 Å². The van der Waals surface area contributed by atoms with Crippen LogP contribution in [-0.4, -0.2) is 31.3 Å². The Morgan fingerprint density at radius 3 is 0.750 bits per heavy atom. The molecule has 0 aromatic rings. The minimum absolute atomic E-state index is 0.221. The molecule has 1 aliphatic heterocycles. The maximum atomic E-state index is 3.93. The van der Waals surface area contributed by atoms with E-state index in [-0.39, 0.29) is 31.3 Å². The summed E-state index contributed by atoms with van der Waals surface area (Å²) in [4.78, 5) is 0. The lowest BCUT2D eigenvalue weighted by molar-refractivity contribution is 2.36. The summed E-state index contributed by atoms with van der Waals surface area (Å²) in [5, 5.41) is 0. The van der Waals surface area contributed by atoms with Crippen LogP contribution >= 0.6 is 0 Å². The number of rotatable bonds is 4. The van der Waals surface area contributed by atoms with E-state index in [1.54, 1.807) is 0 Å². The maximum absolute atomic E-state index is 3.93. The highest BCUT2D eigenvalue weighted by atomic mass is 30.1. The zero-order valence-electron chi connectivity index (χ0n) is 7.14. The summed E-state index contributed by atoms with van der Waals surface area (Å²) in [6.45, 7) is 15.7. The maximum Gasteiger partial charge on any atom is 0.0592 e. The molecule has 0 spiro atoms. The molecule has 0 aromatic carbocycles. The molecule has 1 heterocycles. The summed E-state index contributed by atoms with van der Waals surface area (Å²) >= 11 is 0. The molecule has 1 fully saturated rings. The molecule has 1 aliphatic rings. The molecule has 1 rings (SSSR count). The van der Waals surface area contributed by atoms with E-state index >= 15 is 0 Å². The molecule has 0 aromatic heterocycles. The van der Waals surface area contributed by atoms with E-state index in [1.165, 1.54) is 0 Å². The summed E-state index contributed by atoms with van der Waals surface area (Å²) in [7, 11) is -0.884. The van der Waals surface area contributed by atoms with Gasteiger partial charge in [-0.2, -0.15) is 0 Å². The van der Waals surface area contributed by atoms with E-state index < -0.39 is 0 Å². The second-order valence-electron chi connectivity index (χ2n) is 2.47. The molecule has 0 nitrogen and oxygen atoms in total. The van der Waals surface area contributed by atoms with Gasteiger partial charge in [0.25, 0.3) is 0 Å². The highest BCUT2D eigenvalue weighted by molar-refractivity contribution is 7.99. The quantitative estimate of drug-likeness (QED) is 0.625. The summed E-state index contributed by atoms with van der Waals surface area (Å²) in [5.74, 6) is 0. The van der Waals surface area contributed by atoms with Crippen molar-refractivity contribution in [2.75, 3.05) is 0 Å². The number of hydrogen-bond donors (Lipinski definition) is 0. The molecule has 0 saturated carbocycles. The van der Waals surface area contributed by atoms with E-state index in [4.69, 9.17) is 0 Å². The van der Waals surface area contributed by atoms with E-state index in [9.17, 15) is 0 Å². The van der Waals surface area contributed by atoms with E-state index in [2.05, 4.69) is 49.1 Å². The van der Waals surface area contributed by atoms with Crippen molar-refractivity contribution < 1.29 is 0 Å². The van der Waals surface area contributed by atoms with Crippen molar-refractivity contribution in [1.82, 2.24) is 0 Å². The third-order valence-electron chi connectivity index (χ3n) is 1.98. The predicted molar refractivity (Wildman–Crippen MR) is 63.8 cm³/mol. The molecule has 0 bridgehead atoms. The van der Waals surface area contributed by atoms with Crippen LogP contribution in [0.15, 0.2) is 49.1 Å². The SMILES string of the molecule is C=C[Si]1[Si](C=C)[Si](C=C)[Si]1C=C. The fraction of sp³-hybridized carbons (Fsp3) is 0. The van der Waals surface area contributed by atoms with Crippen LogP contribution < -0.4 is 0 Å². The van der Waals surface area contributed by atoms with E-state index in [0.717, 1.165) is 0 Å². The first-order valence-corrected chi connectivity index (χ1v) is 14.1. The highest BCUT2D eigenvalue weighted by Crippen LogP contribution is 2.19. The van der Waals surface area contributed by atoms with Crippen LogP contribution in [-0.2, 0) is 0 Å². The van der Waals surface area contributed by atoms with E-state index in [0.29, 0.717) is 0 Å². The van der Waals surface area contributed by atoms with Crippen molar-refractivity contribution in [2.24, 2.45) is 0 Å². The van der Waals surface area contributed by atoms with Crippen molar-refractivity contribution in [3.63, 3.8) is 0 Å². The lowest BCUT2D eigenvalue weighted by Gasteiger charge is -2.42. The van der Waals surface area contributed by atoms with Gasteiger partial charge in [-0.25, -0.2) is 0 Å². The minimum atomic E-state index is -0.221. The van der Waals surface area contributed by atoms with Crippen LogP contribution in [0.25, 0.3) is 0 Å². The van der Waals surface area contributed by atoms with Gasteiger partial charge in [0.1, 0.15) is 0 Å². The third-order valence-corrected chi connectivity index (χ3v) is 46.2. The van der Waals surface area contributed by atoms with Gasteiger partial charge in [-0.15, -0.1) is 49.1 Å². The third kappa shape index (κ3) is 1.35. The molecule has 60 valence electrons. The van der Waals surface area contributed by atoms with E-state index in [1.807, 2.05) is 0 Å². The summed E-state index contributed by atoms with van der Waals surface area (Å²) < 4.78 is 0. The first kappa shape index (κ1) is 9.91. The zero-order chi connectivity index (χ0) is 9.14. The molecule has 0 atom stereocenters. The average molecular weight is 221 g/mol. The molecule has 4 radical (unpaired) electrons. The Morgan fingerprint density at radius 1 is 0.500 bits per heavy atom. The number of hydrogen-bond acceptors (Lipinski definition) is 0. The van der Waals surface area contributed by atoms with Crippen molar-refractivity contribution in [3.05, 3.63) is 49.1 Å². The van der Waals surface area contributed by atoms with Gasteiger partial charge in [0.2, 0.25) is 0 Å². The molecular formula is C8H12Si4. The average Bonchev–Trinajstić information content (AvgIpc) is 2.05. The lowest BCUT2D eigenvalue weighted by Crippen LogP contribution is -2.75. The standard InChI is InChI=1S/C8H12Si4/c1-5-9-10(6-2)12(8-4)11(9)7-3/h5-8H,1-4H2. The Kier molecular flexibility index (Phi) is 3.45. The molecule has 0 aliphatic carbocycles. The minimum Gasteiger partial charge on any atom is -0.109 e. The second kappa shape index (κ2) is 4.17. The first-order valence-electron chi connectivity index (χ1n) is 3.79. The summed E-state index contributed by atoms with van der Waals surface area (Å²) in [5.41, 5.74) is 8.87. The fourth-order valence-corrected chi connectivity index (χ4v) is 48.2. The molecule has 1 saturated heterocycles. The molecule has 0 amide bonds. The Morgan fingerprint density at radius 2 is 0.667 bits per heavy atom. The van der Waals surface area contributed by atoms with Crippen LogP contribution in [0.2, 0.25) is 0 Å². The first-order chi connectivity index (χ1) is 5.79. The van der Waals surface area contributed by atoms with Gasteiger partial charge in [-0.3, -0.25) is 0 Å². The molecule has 0 N–H and O–H groups in total. The fourth-order valence-electron chi connectivity index (χ4n) is 1.40. The zero-order valence-corrected chi connectivity index (χ0v) is 11.1. The topological polar surface area (TPSA) is 0 Å². The van der Waals surface area contributed by atoms with Crippen molar-refractivity contribution in [2.45, 2.75) is 0 Å². The normalized spacial score (nSPS) is 21.3. The Hall–Kier alpha value is -0.172. The van der Waals surface area contributed by atoms with Crippen molar-refractivity contribution in [1.29, 1.82) is 0 Å². The van der Waals surface area contributed by atoms with Crippen molar-refractivity contribution in [3.8, 4) is 0 Å². The van der Waals surface area contributed by atoms with Crippen LogP contribution in [0, 0.1) is 0 Å². The van der Waals surface area contributed by atoms with Gasteiger partial charge in [0.15, 0.2) is 0 Å². The Bertz CT molecular complexity index is 167. The smallest absolute Gasteiger partial charge is 0.0592 e. The van der Waals surface area contributed by atoms with Gasteiger partial charge < -0.3 is 0 Å². The van der Waals surface area contributed by atoms with Gasteiger partial charge in [-0.05, 0) is 0 Å². The second-order valence-corrected chi connectivity index (χ2v) is 26.3. The largest absolute Gasteiger partial charge is 0.109 e. The lowest BCUT2D eigenvalue weighted by atomic mass is 11.3. The molecule has 0 unspecified atom stereocenters. The molecule has 4 heteroatoms. The van der Waals surface area contributed by atoms with Crippen LogP contribution in [0.3, 0.4) is 0 Å². The molecule has 12 heavy (non-hydrogen) atoms. The van der Waals surface area contributed by atoms with Crippen LogP contribution in [0.4, 0.5) is 0 Å². The van der Waals surface area contributed by atoms with Crippen LogP contribution in [0.5, 0.6) is 0 Å². The molecular weight excluding hydrogens is 208 g/mol. The summed E-state index contributed by atoms with van der Waals surface area (Å²) in [6, 6.07) is 0. The van der Waals surface area contributed by atoms with Gasteiger partial charge in [0.05, 0.1) is 31.3 Å². The summed E-state index contributed by atoms with van der Waals surface area (Å²) in [6.07, 6.45) is 0. The van der Waals surface area contributed by atoms with Gasteiger partial charge in [0, 0.05) is 0 Å². The van der Waals surface area contributed by atoms with Crippen LogP contribution in [0.1, 0.15) is 0 Å². The highest BCUT2D eigenvalue weighted by Gasteiger charge is 2.48. The predicted octanol–water partition coefficient (Wildman–Crippen LogP) is 1.19. The monoisotopic (exact) mass is 220 g/mol. The van der Waals surface area contributed by atoms with Gasteiger partial charge >= 0.3 is 0 Å². The Balaban J connectivity index is 2.77. The Labute approximate surface area is 80.6 Å².